The Balaban J connectivity index is 0.00000242. The number of hydrogen-bond acceptors (Lipinski definition) is 3. The monoisotopic (exact) mass is 441 g/mol. The molecule has 0 aromatic carbocycles. The number of halogens is 1. The Morgan fingerprint density at radius 1 is 1.23 bits per heavy atom. The molecule has 0 spiro atoms. The van der Waals surface area contributed by atoms with Crippen molar-refractivity contribution in [1.82, 2.24) is 10.6 Å². The Labute approximate surface area is 157 Å². The standard InChI is InChI=1S/C16H31N3OS.HI/c1-17-16(18-9-6-13-7-10-20-11-8-13)19-14-4-3-5-15(12-14)21-2;/h13-15H,3-12H2,1-2H3,(H2,17,18,19);1H. The van der Waals surface area contributed by atoms with Gasteiger partial charge in [-0.05, 0) is 50.7 Å². The van der Waals surface area contributed by atoms with E-state index in [0.29, 0.717) is 6.04 Å². The van der Waals surface area contributed by atoms with Gasteiger partial charge < -0.3 is 15.4 Å². The van der Waals surface area contributed by atoms with Gasteiger partial charge in [-0.15, -0.1) is 24.0 Å². The Kier molecular flexibility index (Phi) is 10.9. The van der Waals surface area contributed by atoms with Crippen LogP contribution in [0.25, 0.3) is 0 Å². The fraction of sp³-hybridized carbons (Fsp3) is 0.938. The molecule has 2 aliphatic rings. The second-order valence-corrected chi connectivity index (χ2v) is 7.35. The molecular formula is C16H32IN3OS. The summed E-state index contributed by atoms with van der Waals surface area (Å²) >= 11 is 2.01. The molecule has 0 radical (unpaired) electrons. The average molecular weight is 441 g/mol. The average Bonchev–Trinajstić information content (AvgIpc) is 2.55. The Morgan fingerprint density at radius 3 is 2.68 bits per heavy atom. The summed E-state index contributed by atoms with van der Waals surface area (Å²) in [6, 6.07) is 0.588. The largest absolute Gasteiger partial charge is 0.381 e. The summed E-state index contributed by atoms with van der Waals surface area (Å²) in [7, 11) is 1.87. The number of nitrogens with one attached hydrogen (secondary N) is 2. The van der Waals surface area contributed by atoms with E-state index in [4.69, 9.17) is 4.74 Å². The highest BCUT2D eigenvalue weighted by atomic mass is 127. The predicted molar refractivity (Wildman–Crippen MR) is 108 cm³/mol. The molecule has 1 saturated heterocycles. The molecule has 4 nitrogen and oxygen atoms in total. The first-order valence-electron chi connectivity index (χ1n) is 8.39. The molecule has 130 valence electrons. The maximum Gasteiger partial charge on any atom is 0.191 e. The van der Waals surface area contributed by atoms with Crippen molar-refractivity contribution in [3.05, 3.63) is 0 Å². The van der Waals surface area contributed by atoms with Gasteiger partial charge in [0, 0.05) is 38.1 Å². The fourth-order valence-corrected chi connectivity index (χ4v) is 4.14. The van der Waals surface area contributed by atoms with Crippen LogP contribution in [0.4, 0.5) is 0 Å². The van der Waals surface area contributed by atoms with Crippen LogP contribution in [-0.2, 0) is 4.74 Å². The van der Waals surface area contributed by atoms with Crippen LogP contribution in [0, 0.1) is 5.92 Å². The van der Waals surface area contributed by atoms with E-state index < -0.39 is 0 Å². The minimum absolute atomic E-state index is 0. The van der Waals surface area contributed by atoms with Gasteiger partial charge >= 0.3 is 0 Å². The van der Waals surface area contributed by atoms with E-state index in [1.807, 2.05) is 18.8 Å². The third-order valence-electron chi connectivity index (χ3n) is 4.71. The lowest BCUT2D eigenvalue weighted by molar-refractivity contribution is 0.0643. The van der Waals surface area contributed by atoms with Gasteiger partial charge in [-0.3, -0.25) is 4.99 Å². The number of guanidine groups is 1. The molecule has 0 amide bonds. The molecule has 2 N–H and O–H groups in total. The van der Waals surface area contributed by atoms with Crippen LogP contribution in [0.1, 0.15) is 44.9 Å². The van der Waals surface area contributed by atoms with Crippen LogP contribution in [0.5, 0.6) is 0 Å². The van der Waals surface area contributed by atoms with Crippen molar-refractivity contribution in [3.8, 4) is 0 Å². The SMILES string of the molecule is CN=C(NCCC1CCOCC1)NC1CCCC(SC)C1.I. The molecule has 0 aromatic heterocycles. The zero-order valence-electron chi connectivity index (χ0n) is 14.0. The van der Waals surface area contributed by atoms with E-state index in [1.54, 1.807) is 0 Å². The zero-order chi connectivity index (χ0) is 14.9. The molecule has 1 heterocycles. The maximum atomic E-state index is 5.41. The number of nitrogens with zero attached hydrogens (tertiary/aromatic N) is 1. The van der Waals surface area contributed by atoms with Crippen molar-refractivity contribution in [2.75, 3.05) is 33.1 Å². The van der Waals surface area contributed by atoms with E-state index >= 15 is 0 Å². The fourth-order valence-electron chi connectivity index (χ4n) is 3.31. The number of aliphatic imine (C=N–C) groups is 1. The van der Waals surface area contributed by atoms with Gasteiger partial charge in [0.2, 0.25) is 0 Å². The smallest absolute Gasteiger partial charge is 0.191 e. The van der Waals surface area contributed by atoms with E-state index in [2.05, 4.69) is 21.9 Å². The Morgan fingerprint density at radius 2 is 2.00 bits per heavy atom. The molecule has 22 heavy (non-hydrogen) atoms. The van der Waals surface area contributed by atoms with E-state index in [1.165, 1.54) is 44.9 Å². The van der Waals surface area contributed by atoms with Gasteiger partial charge in [0.15, 0.2) is 5.96 Å². The number of hydrogen-bond donors (Lipinski definition) is 2. The van der Waals surface area contributed by atoms with Crippen molar-refractivity contribution < 1.29 is 4.74 Å². The summed E-state index contributed by atoms with van der Waals surface area (Å²) in [5, 5.41) is 7.91. The summed E-state index contributed by atoms with van der Waals surface area (Å²) in [5.74, 6) is 1.80. The number of rotatable bonds is 5. The summed E-state index contributed by atoms with van der Waals surface area (Å²) in [5.41, 5.74) is 0. The maximum absolute atomic E-state index is 5.41. The molecule has 0 aromatic rings. The molecule has 6 heteroatoms. The van der Waals surface area contributed by atoms with E-state index in [9.17, 15) is 0 Å². The van der Waals surface area contributed by atoms with Crippen molar-refractivity contribution in [2.24, 2.45) is 10.9 Å². The molecule has 1 saturated carbocycles. The molecule has 2 rings (SSSR count). The second kappa shape index (κ2) is 11.8. The molecule has 1 aliphatic heterocycles. The molecular weight excluding hydrogens is 409 g/mol. The molecule has 0 bridgehead atoms. The zero-order valence-corrected chi connectivity index (χ0v) is 17.1. The minimum atomic E-state index is 0. The third kappa shape index (κ3) is 7.25. The molecule has 2 atom stereocenters. The van der Waals surface area contributed by atoms with E-state index in [-0.39, 0.29) is 24.0 Å². The van der Waals surface area contributed by atoms with Crippen molar-refractivity contribution >= 4 is 41.7 Å². The van der Waals surface area contributed by atoms with Crippen molar-refractivity contribution in [3.63, 3.8) is 0 Å². The first kappa shape index (κ1) is 20.4. The first-order chi connectivity index (χ1) is 10.3. The van der Waals surface area contributed by atoms with Crippen molar-refractivity contribution in [2.45, 2.75) is 56.2 Å². The summed E-state index contributed by atoms with van der Waals surface area (Å²) < 4.78 is 5.41. The van der Waals surface area contributed by atoms with Gasteiger partial charge in [0.1, 0.15) is 0 Å². The quantitative estimate of drug-likeness (QED) is 0.391. The highest BCUT2D eigenvalue weighted by Crippen LogP contribution is 2.26. The van der Waals surface area contributed by atoms with Crippen LogP contribution < -0.4 is 10.6 Å². The molecule has 1 aliphatic carbocycles. The van der Waals surface area contributed by atoms with Crippen LogP contribution in [0.15, 0.2) is 4.99 Å². The lowest BCUT2D eigenvalue weighted by atomic mass is 9.95. The van der Waals surface area contributed by atoms with Gasteiger partial charge in [0.05, 0.1) is 0 Å². The lowest BCUT2D eigenvalue weighted by Crippen LogP contribution is -2.46. The van der Waals surface area contributed by atoms with Gasteiger partial charge in [-0.1, -0.05) is 6.42 Å². The van der Waals surface area contributed by atoms with E-state index in [0.717, 1.165) is 36.9 Å². The van der Waals surface area contributed by atoms with Crippen molar-refractivity contribution in [1.29, 1.82) is 0 Å². The summed E-state index contributed by atoms with van der Waals surface area (Å²) in [4.78, 5) is 4.38. The predicted octanol–water partition coefficient (Wildman–Crippen LogP) is 3.26. The van der Waals surface area contributed by atoms with Gasteiger partial charge in [-0.25, -0.2) is 0 Å². The third-order valence-corrected chi connectivity index (χ3v) is 5.80. The molecule has 2 fully saturated rings. The number of ether oxygens (including phenoxy) is 1. The Hall–Kier alpha value is 0.310. The first-order valence-corrected chi connectivity index (χ1v) is 9.68. The highest BCUT2D eigenvalue weighted by Gasteiger charge is 2.22. The normalized spacial score (nSPS) is 27.1. The van der Waals surface area contributed by atoms with Crippen LogP contribution in [0.2, 0.25) is 0 Å². The van der Waals surface area contributed by atoms with Crippen LogP contribution in [0.3, 0.4) is 0 Å². The highest BCUT2D eigenvalue weighted by molar-refractivity contribution is 14.0. The lowest BCUT2D eigenvalue weighted by Gasteiger charge is -2.30. The second-order valence-electron chi connectivity index (χ2n) is 6.21. The van der Waals surface area contributed by atoms with Gasteiger partial charge in [0.25, 0.3) is 0 Å². The van der Waals surface area contributed by atoms with Gasteiger partial charge in [-0.2, -0.15) is 11.8 Å². The minimum Gasteiger partial charge on any atom is -0.381 e. The molecule has 2 unspecified atom stereocenters. The summed E-state index contributed by atoms with van der Waals surface area (Å²) in [6.07, 6.45) is 11.1. The van der Waals surface area contributed by atoms with Crippen LogP contribution >= 0.6 is 35.7 Å². The van der Waals surface area contributed by atoms with Crippen LogP contribution in [-0.4, -0.2) is 50.3 Å². The summed E-state index contributed by atoms with van der Waals surface area (Å²) in [6.45, 7) is 2.90. The number of thioether (sulfide) groups is 1. The topological polar surface area (TPSA) is 45.7 Å². The Bertz CT molecular complexity index is 325.